The second-order valence-electron chi connectivity index (χ2n) is 5.01. The molecule has 23 heavy (non-hydrogen) atoms. The van der Waals surface area contributed by atoms with Crippen molar-refractivity contribution in [1.29, 1.82) is 0 Å². The average Bonchev–Trinajstić information content (AvgIpc) is 2.55. The van der Waals surface area contributed by atoms with Crippen molar-refractivity contribution in [3.05, 3.63) is 86.4 Å². The Kier molecular flexibility index (Phi) is 4.37. The number of hydrogen-bond donors (Lipinski definition) is 1. The summed E-state index contributed by atoms with van der Waals surface area (Å²) in [5.74, 6) is 0. The summed E-state index contributed by atoms with van der Waals surface area (Å²) in [6.45, 7) is 0. The second kappa shape index (κ2) is 6.44. The smallest absolute Gasteiger partial charge is 0.304 e. The van der Waals surface area contributed by atoms with Crippen LogP contribution in [0.4, 0.5) is 0 Å². The molecule has 0 amide bonds. The molecule has 0 unspecified atom stereocenters. The predicted octanol–water partition coefficient (Wildman–Crippen LogP) is 4.05. The zero-order valence-electron chi connectivity index (χ0n) is 11.9. The van der Waals surface area contributed by atoms with E-state index in [0.29, 0.717) is 32.5 Å². The summed E-state index contributed by atoms with van der Waals surface area (Å²) in [5.41, 5.74) is 1.75. The van der Waals surface area contributed by atoms with Crippen molar-refractivity contribution in [2.75, 3.05) is 0 Å². The maximum atomic E-state index is 12.1. The van der Waals surface area contributed by atoms with Crippen LogP contribution in [0.3, 0.4) is 0 Å². The van der Waals surface area contributed by atoms with Crippen molar-refractivity contribution < 1.29 is 5.21 Å². The molecule has 116 valence electrons. The molecule has 0 saturated carbocycles. The van der Waals surface area contributed by atoms with Crippen LogP contribution in [0.1, 0.15) is 11.3 Å². The van der Waals surface area contributed by atoms with Gasteiger partial charge < -0.3 is 5.21 Å². The first-order valence-corrected chi connectivity index (χ1v) is 7.61. The molecule has 1 N–H and O–H groups in total. The van der Waals surface area contributed by atoms with Crippen LogP contribution in [0, 0.1) is 0 Å². The third-order valence-corrected chi connectivity index (χ3v) is 4.12. The third kappa shape index (κ3) is 3.38. The highest BCUT2D eigenvalue weighted by Gasteiger charge is 2.11. The summed E-state index contributed by atoms with van der Waals surface area (Å²) in [7, 11) is 0. The second-order valence-corrected chi connectivity index (χ2v) is 5.83. The van der Waals surface area contributed by atoms with Gasteiger partial charge in [0.05, 0.1) is 21.9 Å². The Morgan fingerprint density at radius 2 is 1.78 bits per heavy atom. The average molecular weight is 347 g/mol. The van der Waals surface area contributed by atoms with Crippen LogP contribution in [-0.2, 0) is 6.42 Å². The Hall–Kier alpha value is -2.30. The van der Waals surface area contributed by atoms with Gasteiger partial charge in [0.25, 0.3) is 0 Å². The van der Waals surface area contributed by atoms with Gasteiger partial charge in [-0.05, 0) is 17.7 Å². The quantitative estimate of drug-likeness (QED) is 0.728. The van der Waals surface area contributed by atoms with Crippen LogP contribution in [-0.4, -0.2) is 14.9 Å². The van der Waals surface area contributed by atoms with Crippen molar-refractivity contribution in [3.63, 3.8) is 0 Å². The lowest BCUT2D eigenvalue weighted by molar-refractivity contribution is 0.173. The number of benzene rings is 2. The van der Waals surface area contributed by atoms with Gasteiger partial charge in [-0.15, -0.1) is 0 Å². The monoisotopic (exact) mass is 346 g/mol. The Labute approximate surface area is 142 Å². The normalized spacial score (nSPS) is 10.7. The highest BCUT2D eigenvalue weighted by atomic mass is 35.5. The number of aromatic nitrogens is 2. The van der Waals surface area contributed by atoms with Crippen LogP contribution in [0.15, 0.2) is 59.5 Å². The van der Waals surface area contributed by atoms with Crippen LogP contribution in [0.5, 0.6) is 0 Å². The molecule has 0 atom stereocenters. The van der Waals surface area contributed by atoms with E-state index in [1.807, 2.05) is 30.3 Å². The summed E-state index contributed by atoms with van der Waals surface area (Å²) in [5, 5.41) is 10.7. The van der Waals surface area contributed by atoms with E-state index < -0.39 is 5.56 Å². The van der Waals surface area contributed by atoms with Gasteiger partial charge in [-0.2, -0.15) is 4.73 Å². The lowest BCUT2D eigenvalue weighted by atomic mass is 10.1. The summed E-state index contributed by atoms with van der Waals surface area (Å²) >= 11 is 11.9. The van der Waals surface area contributed by atoms with E-state index in [1.165, 1.54) is 6.20 Å². The molecular weight excluding hydrogens is 335 g/mol. The molecule has 3 rings (SSSR count). The van der Waals surface area contributed by atoms with Gasteiger partial charge in [-0.25, -0.2) is 4.98 Å². The fourth-order valence-corrected chi connectivity index (χ4v) is 2.53. The fourth-order valence-electron chi connectivity index (χ4n) is 2.23. The van der Waals surface area contributed by atoms with Crippen LogP contribution in [0.2, 0.25) is 10.0 Å². The maximum absolute atomic E-state index is 12.1. The molecular formula is C17H12Cl2N2O2. The molecule has 0 saturated heterocycles. The number of halogens is 2. The van der Waals surface area contributed by atoms with Crippen molar-refractivity contribution in [1.82, 2.24) is 9.71 Å². The van der Waals surface area contributed by atoms with Crippen LogP contribution >= 0.6 is 23.2 Å². The van der Waals surface area contributed by atoms with E-state index in [0.717, 1.165) is 5.56 Å². The first kappa shape index (κ1) is 15.6. The molecule has 0 aliphatic rings. The minimum absolute atomic E-state index is 0.252. The molecule has 0 bridgehead atoms. The Balaban J connectivity index is 2.06. The molecule has 4 nitrogen and oxygen atoms in total. The highest BCUT2D eigenvalue weighted by molar-refractivity contribution is 6.42. The zero-order chi connectivity index (χ0) is 16.4. The molecule has 3 aromatic rings. The SMILES string of the molecule is O=c1c(Cc2ccccc2)nc(-c2ccc(Cl)c(Cl)c2)cn1O. The van der Waals surface area contributed by atoms with Gasteiger partial charge in [0.2, 0.25) is 0 Å². The standard InChI is InChI=1S/C17H12Cl2N2O2/c18-13-7-6-12(9-14(13)19)16-10-21(23)17(22)15(20-16)8-11-4-2-1-3-5-11/h1-7,9-10,23H,8H2. The lowest BCUT2D eigenvalue weighted by Crippen LogP contribution is -2.24. The number of hydrogen-bond acceptors (Lipinski definition) is 3. The van der Waals surface area contributed by atoms with Gasteiger partial charge >= 0.3 is 5.56 Å². The van der Waals surface area contributed by atoms with Crippen molar-refractivity contribution in [2.45, 2.75) is 6.42 Å². The van der Waals surface area contributed by atoms with Gasteiger partial charge in [0.1, 0.15) is 5.69 Å². The first-order valence-electron chi connectivity index (χ1n) is 6.86. The summed E-state index contributed by atoms with van der Waals surface area (Å²) in [6, 6.07) is 14.5. The molecule has 2 aromatic carbocycles. The van der Waals surface area contributed by atoms with E-state index in [-0.39, 0.29) is 5.69 Å². The zero-order valence-corrected chi connectivity index (χ0v) is 13.4. The largest absolute Gasteiger partial charge is 0.425 e. The Morgan fingerprint density at radius 1 is 1.04 bits per heavy atom. The molecule has 1 heterocycles. The van der Waals surface area contributed by atoms with Crippen LogP contribution in [0.25, 0.3) is 11.3 Å². The molecule has 0 spiro atoms. The minimum Gasteiger partial charge on any atom is -0.425 e. The molecule has 0 radical (unpaired) electrons. The van der Waals surface area contributed by atoms with Gasteiger partial charge in [-0.1, -0.05) is 59.6 Å². The van der Waals surface area contributed by atoms with Crippen molar-refractivity contribution in [3.8, 4) is 11.3 Å². The van der Waals surface area contributed by atoms with E-state index in [4.69, 9.17) is 23.2 Å². The first-order chi connectivity index (χ1) is 11.0. The van der Waals surface area contributed by atoms with E-state index in [9.17, 15) is 10.0 Å². The summed E-state index contributed by atoms with van der Waals surface area (Å²) < 4.78 is 0.545. The van der Waals surface area contributed by atoms with E-state index in [1.54, 1.807) is 18.2 Å². The van der Waals surface area contributed by atoms with Gasteiger partial charge in [-0.3, -0.25) is 4.79 Å². The molecule has 1 aromatic heterocycles. The van der Waals surface area contributed by atoms with Gasteiger partial charge in [0, 0.05) is 12.0 Å². The summed E-state index contributed by atoms with van der Waals surface area (Å²) in [4.78, 5) is 16.5. The minimum atomic E-state index is -0.544. The maximum Gasteiger partial charge on any atom is 0.304 e. The summed E-state index contributed by atoms with van der Waals surface area (Å²) in [6.07, 6.45) is 1.59. The number of rotatable bonds is 3. The van der Waals surface area contributed by atoms with Crippen molar-refractivity contribution in [2.24, 2.45) is 0 Å². The van der Waals surface area contributed by atoms with Gasteiger partial charge in [0.15, 0.2) is 0 Å². The third-order valence-electron chi connectivity index (χ3n) is 3.38. The Bertz CT molecular complexity index is 908. The number of nitrogens with zero attached hydrogens (tertiary/aromatic N) is 2. The van der Waals surface area contributed by atoms with Crippen LogP contribution < -0.4 is 5.56 Å². The Morgan fingerprint density at radius 3 is 2.48 bits per heavy atom. The topological polar surface area (TPSA) is 55.1 Å². The molecule has 0 aliphatic carbocycles. The van der Waals surface area contributed by atoms with Crippen molar-refractivity contribution >= 4 is 23.2 Å². The molecule has 6 heteroatoms. The van der Waals surface area contributed by atoms with E-state index in [2.05, 4.69) is 4.98 Å². The molecule has 0 fully saturated rings. The molecule has 0 aliphatic heterocycles. The van der Waals surface area contributed by atoms with E-state index >= 15 is 0 Å². The predicted molar refractivity (Wildman–Crippen MR) is 90.4 cm³/mol. The lowest BCUT2D eigenvalue weighted by Gasteiger charge is -2.08. The highest BCUT2D eigenvalue weighted by Crippen LogP contribution is 2.27. The fraction of sp³-hybridized carbons (Fsp3) is 0.0588.